The first kappa shape index (κ1) is 25.5. The molecule has 0 bridgehead atoms. The highest BCUT2D eigenvalue weighted by Crippen LogP contribution is 2.35. The summed E-state index contributed by atoms with van der Waals surface area (Å²) in [7, 11) is 0. The van der Waals surface area contributed by atoms with Gasteiger partial charge in [-0.05, 0) is 12.1 Å². The van der Waals surface area contributed by atoms with Crippen LogP contribution in [0.15, 0.2) is 12.1 Å². The lowest BCUT2D eigenvalue weighted by Crippen LogP contribution is -1.95. The van der Waals surface area contributed by atoms with Gasteiger partial charge in [0, 0.05) is 20.8 Å². The van der Waals surface area contributed by atoms with Crippen molar-refractivity contribution in [2.45, 2.75) is 20.8 Å². The quantitative estimate of drug-likeness (QED) is 0.351. The number of hydrogen-bond acceptors (Lipinski definition) is 7. The molecule has 0 radical (unpaired) electrons. The minimum atomic E-state index is -1.29. The topological polar surface area (TPSA) is 210 Å². The Morgan fingerprint density at radius 1 is 0.667 bits per heavy atom. The number of hydrogen-bond donors (Lipinski definition) is 7. The van der Waals surface area contributed by atoms with Crippen LogP contribution in [0.3, 0.4) is 0 Å². The second-order valence-corrected chi connectivity index (χ2v) is 3.73. The first-order valence-corrected chi connectivity index (χ1v) is 5.79. The van der Waals surface area contributed by atoms with E-state index in [9.17, 15) is 4.79 Å². The maximum atomic E-state index is 10.3. The lowest BCUT2D eigenvalue weighted by molar-refractivity contribution is -0.135. The predicted octanol–water partition coefficient (Wildman–Crippen LogP) is 0.774. The summed E-state index contributed by atoms with van der Waals surface area (Å²) >= 11 is 0. The molecule has 1 aromatic carbocycles. The average molecular weight is 350 g/mol. The second kappa shape index (κ2) is 13.2. The van der Waals surface area contributed by atoms with Gasteiger partial charge in [-0.3, -0.25) is 14.4 Å². The van der Waals surface area contributed by atoms with Gasteiger partial charge in [0.05, 0.1) is 5.56 Å². The number of phenolic OH excluding ortho intramolecular Hbond substituents is 3. The first-order chi connectivity index (χ1) is 10.7. The molecule has 1 aromatic rings. The van der Waals surface area contributed by atoms with Crippen molar-refractivity contribution in [3.05, 3.63) is 17.7 Å². The summed E-state index contributed by atoms with van der Waals surface area (Å²) in [6, 6.07) is 1.69. The molecule has 0 spiro atoms. The summed E-state index contributed by atoms with van der Waals surface area (Å²) in [5, 5.41) is 57.2. The summed E-state index contributed by atoms with van der Waals surface area (Å²) in [6.45, 7) is 3.25. The van der Waals surface area contributed by atoms with E-state index >= 15 is 0 Å². The molecule has 11 nitrogen and oxygen atoms in total. The van der Waals surface area contributed by atoms with Crippen molar-refractivity contribution in [1.29, 1.82) is 0 Å². The molecule has 0 fully saturated rings. The van der Waals surface area contributed by atoms with Gasteiger partial charge in [0.2, 0.25) is 0 Å². The van der Waals surface area contributed by atoms with Gasteiger partial charge in [-0.15, -0.1) is 0 Å². The minimum Gasteiger partial charge on any atom is -0.504 e. The van der Waals surface area contributed by atoms with Crippen LogP contribution >= 0.6 is 0 Å². The molecule has 24 heavy (non-hydrogen) atoms. The second-order valence-electron chi connectivity index (χ2n) is 3.73. The Kier molecular flexibility index (Phi) is 14.0. The van der Waals surface area contributed by atoms with Gasteiger partial charge < -0.3 is 35.7 Å². The van der Waals surface area contributed by atoms with Crippen LogP contribution in [0.2, 0.25) is 0 Å². The van der Waals surface area contributed by atoms with E-state index in [0.717, 1.165) is 32.9 Å². The largest absolute Gasteiger partial charge is 0.504 e. The van der Waals surface area contributed by atoms with Crippen molar-refractivity contribution < 1.29 is 54.9 Å². The number of aromatic carboxylic acids is 1. The molecule has 0 heterocycles. The lowest BCUT2D eigenvalue weighted by atomic mass is 10.2. The third-order valence-corrected chi connectivity index (χ3v) is 1.32. The number of carboxylic acids is 4. The molecule has 0 aromatic heterocycles. The van der Waals surface area contributed by atoms with E-state index in [-0.39, 0.29) is 5.56 Å². The monoisotopic (exact) mass is 350 g/mol. The van der Waals surface area contributed by atoms with Crippen LogP contribution < -0.4 is 0 Å². The molecule has 136 valence electrons. The lowest BCUT2D eigenvalue weighted by Gasteiger charge is -2.01. The molecule has 1 rings (SSSR count). The molecule has 0 amide bonds. The van der Waals surface area contributed by atoms with E-state index in [4.69, 9.17) is 50.1 Å². The molecule has 0 aliphatic carbocycles. The number of phenols is 3. The summed E-state index contributed by atoms with van der Waals surface area (Å²) in [5.74, 6) is -5.83. The predicted molar refractivity (Wildman–Crippen MR) is 78.3 cm³/mol. The zero-order chi connectivity index (χ0) is 20.0. The van der Waals surface area contributed by atoms with Crippen LogP contribution in [0.5, 0.6) is 17.2 Å². The van der Waals surface area contributed by atoms with Crippen LogP contribution in [0, 0.1) is 0 Å². The van der Waals surface area contributed by atoms with E-state index in [1.165, 1.54) is 0 Å². The van der Waals surface area contributed by atoms with Gasteiger partial charge in [0.25, 0.3) is 17.9 Å². The van der Waals surface area contributed by atoms with Gasteiger partial charge >= 0.3 is 5.97 Å². The molecule has 7 N–H and O–H groups in total. The van der Waals surface area contributed by atoms with E-state index in [1.54, 1.807) is 0 Å². The highest BCUT2D eigenvalue weighted by molar-refractivity contribution is 5.89. The maximum Gasteiger partial charge on any atom is 0.335 e. The fraction of sp³-hybridized carbons (Fsp3) is 0.231. The normalized spacial score (nSPS) is 7.96. The Bertz CT molecular complexity index is 514. The standard InChI is InChI=1S/C7H6O5.3C2H4O2/c8-4-1-3(7(11)12)2-5(9)6(4)10;3*1-2(3)4/h1-2,8-10H,(H,11,12);3*1H3,(H,3,4). The molecule has 0 aliphatic rings. The molecular weight excluding hydrogens is 332 g/mol. The zero-order valence-electron chi connectivity index (χ0n) is 12.9. The van der Waals surface area contributed by atoms with Crippen molar-refractivity contribution >= 4 is 23.9 Å². The van der Waals surface area contributed by atoms with Gasteiger partial charge in [0.1, 0.15) is 0 Å². The Labute approximate surface area is 135 Å². The Hall–Kier alpha value is -3.50. The Morgan fingerprint density at radius 2 is 0.875 bits per heavy atom. The number of benzene rings is 1. The van der Waals surface area contributed by atoms with Gasteiger partial charge in [-0.2, -0.15) is 0 Å². The van der Waals surface area contributed by atoms with Gasteiger partial charge in [-0.1, -0.05) is 0 Å². The van der Waals surface area contributed by atoms with E-state index in [2.05, 4.69) is 0 Å². The van der Waals surface area contributed by atoms with Crippen molar-refractivity contribution in [2.75, 3.05) is 0 Å². The number of aromatic hydroxyl groups is 3. The summed E-state index contributed by atoms with van der Waals surface area (Å²) in [4.78, 5) is 37.3. The maximum absolute atomic E-state index is 10.3. The third kappa shape index (κ3) is 20.8. The molecule has 0 atom stereocenters. The minimum absolute atomic E-state index is 0.289. The van der Waals surface area contributed by atoms with Crippen molar-refractivity contribution in [1.82, 2.24) is 0 Å². The summed E-state index contributed by atoms with van der Waals surface area (Å²) in [5.41, 5.74) is -0.289. The molecule has 0 unspecified atom stereocenters. The smallest absolute Gasteiger partial charge is 0.335 e. The zero-order valence-corrected chi connectivity index (χ0v) is 12.9. The SMILES string of the molecule is CC(=O)O.CC(=O)O.CC(=O)O.O=C(O)c1cc(O)c(O)c(O)c1. The summed E-state index contributed by atoms with van der Waals surface area (Å²) < 4.78 is 0. The van der Waals surface area contributed by atoms with Crippen molar-refractivity contribution in [3.8, 4) is 17.2 Å². The summed E-state index contributed by atoms with van der Waals surface area (Å²) in [6.07, 6.45) is 0. The molecule has 0 saturated carbocycles. The van der Waals surface area contributed by atoms with Crippen LogP contribution in [0.25, 0.3) is 0 Å². The molecule has 0 saturated heterocycles. The van der Waals surface area contributed by atoms with Crippen LogP contribution in [0.1, 0.15) is 31.1 Å². The van der Waals surface area contributed by atoms with Crippen LogP contribution in [-0.2, 0) is 14.4 Å². The highest BCUT2D eigenvalue weighted by atomic mass is 16.4. The molecular formula is C13H18O11. The van der Waals surface area contributed by atoms with Gasteiger partial charge in [-0.25, -0.2) is 4.79 Å². The van der Waals surface area contributed by atoms with Crippen molar-refractivity contribution in [2.24, 2.45) is 0 Å². The first-order valence-electron chi connectivity index (χ1n) is 5.79. The van der Waals surface area contributed by atoms with E-state index < -0.39 is 41.1 Å². The number of rotatable bonds is 1. The van der Waals surface area contributed by atoms with Crippen LogP contribution in [-0.4, -0.2) is 59.6 Å². The molecule has 11 heteroatoms. The van der Waals surface area contributed by atoms with E-state index in [1.807, 2.05) is 0 Å². The fourth-order valence-corrected chi connectivity index (χ4v) is 0.728. The fourth-order valence-electron chi connectivity index (χ4n) is 0.728. The Morgan fingerprint density at radius 3 is 1.04 bits per heavy atom. The average Bonchev–Trinajstić information content (AvgIpc) is 2.33. The molecule has 0 aliphatic heterocycles. The highest BCUT2D eigenvalue weighted by Gasteiger charge is 2.11. The third-order valence-electron chi connectivity index (χ3n) is 1.32. The number of aliphatic carboxylic acids is 3. The number of carbonyl (C=O) groups is 4. The Balaban J connectivity index is -0.000000304. The van der Waals surface area contributed by atoms with Crippen molar-refractivity contribution in [3.63, 3.8) is 0 Å². The van der Waals surface area contributed by atoms with Gasteiger partial charge in [0.15, 0.2) is 17.2 Å². The van der Waals surface area contributed by atoms with Crippen LogP contribution in [0.4, 0.5) is 0 Å². The number of carboxylic acid groups (broad SMARTS) is 4. The van der Waals surface area contributed by atoms with E-state index in [0.29, 0.717) is 0 Å².